The summed E-state index contributed by atoms with van der Waals surface area (Å²) >= 11 is 0. The maximum atomic E-state index is 11.8. The van der Waals surface area contributed by atoms with Crippen LogP contribution in [0, 0.1) is 0 Å². The van der Waals surface area contributed by atoms with Crippen LogP contribution in [0.2, 0.25) is 0 Å². The summed E-state index contributed by atoms with van der Waals surface area (Å²) in [5.41, 5.74) is 1.17. The molecule has 0 bridgehead atoms. The largest absolute Gasteiger partial charge is 0.367 e. The lowest BCUT2D eigenvalue weighted by Crippen LogP contribution is -2.37. The monoisotopic (exact) mass is 287 g/mol. The van der Waals surface area contributed by atoms with Crippen LogP contribution in [-0.4, -0.2) is 28.4 Å². The molecule has 1 aromatic heterocycles. The highest BCUT2D eigenvalue weighted by Gasteiger charge is 2.26. The molecule has 0 unspecified atom stereocenters. The molecule has 1 saturated heterocycles. The Morgan fingerprint density at radius 1 is 1.19 bits per heavy atom. The van der Waals surface area contributed by atoms with E-state index < -0.39 is 0 Å². The second-order valence-corrected chi connectivity index (χ2v) is 6.33. The normalized spacial score (nSPS) is 23.3. The summed E-state index contributed by atoms with van der Waals surface area (Å²) in [5.74, 6) is 1.14. The summed E-state index contributed by atoms with van der Waals surface area (Å²) in [6.45, 7) is 2.55. The first-order valence-electron chi connectivity index (χ1n) is 8.24. The molecule has 1 saturated carbocycles. The molecule has 3 rings (SSSR count). The molecule has 0 radical (unpaired) electrons. The molecular formula is C17H25N3O. The third-order valence-electron chi connectivity index (χ3n) is 4.79. The van der Waals surface area contributed by atoms with E-state index in [0.29, 0.717) is 6.04 Å². The van der Waals surface area contributed by atoms with E-state index >= 15 is 0 Å². The van der Waals surface area contributed by atoms with Crippen molar-refractivity contribution in [3.05, 3.63) is 23.9 Å². The maximum Gasteiger partial charge on any atom is 0.219 e. The lowest BCUT2D eigenvalue weighted by atomic mass is 9.96. The molecule has 0 spiro atoms. The second kappa shape index (κ2) is 6.46. The van der Waals surface area contributed by atoms with Crippen LogP contribution in [0.1, 0.15) is 63.5 Å². The number of amides is 1. The molecule has 2 aliphatic rings. The molecule has 1 atom stereocenters. The van der Waals surface area contributed by atoms with Gasteiger partial charge in [0.2, 0.25) is 5.91 Å². The summed E-state index contributed by atoms with van der Waals surface area (Å²) in [5, 5.41) is 3.51. The van der Waals surface area contributed by atoms with Crippen molar-refractivity contribution in [1.82, 2.24) is 9.88 Å². The molecule has 1 aromatic rings. The number of nitrogens with zero attached hydrogens (tertiary/aromatic N) is 2. The third-order valence-corrected chi connectivity index (χ3v) is 4.79. The van der Waals surface area contributed by atoms with Gasteiger partial charge in [-0.2, -0.15) is 0 Å². The number of anilines is 1. The maximum absolute atomic E-state index is 11.8. The van der Waals surface area contributed by atoms with Crippen LogP contribution in [0.3, 0.4) is 0 Å². The van der Waals surface area contributed by atoms with Crippen molar-refractivity contribution in [3.63, 3.8) is 0 Å². The molecule has 1 aliphatic heterocycles. The molecule has 2 fully saturated rings. The molecule has 0 aromatic carbocycles. The number of nitrogens with one attached hydrogen (secondary N) is 1. The Morgan fingerprint density at radius 2 is 1.95 bits per heavy atom. The average molecular weight is 287 g/mol. The van der Waals surface area contributed by atoms with Crippen molar-refractivity contribution in [2.75, 3.05) is 11.9 Å². The van der Waals surface area contributed by atoms with Gasteiger partial charge in [-0.15, -0.1) is 0 Å². The van der Waals surface area contributed by atoms with E-state index in [-0.39, 0.29) is 11.9 Å². The van der Waals surface area contributed by atoms with Crippen molar-refractivity contribution in [3.8, 4) is 0 Å². The first-order valence-corrected chi connectivity index (χ1v) is 8.24. The van der Waals surface area contributed by atoms with Crippen molar-refractivity contribution in [2.24, 2.45) is 0 Å². The minimum atomic E-state index is 0.174. The van der Waals surface area contributed by atoms with Crippen LogP contribution >= 0.6 is 0 Å². The Labute approximate surface area is 126 Å². The highest BCUT2D eigenvalue weighted by Crippen LogP contribution is 2.31. The smallest absolute Gasteiger partial charge is 0.219 e. The molecule has 1 amide bonds. The Bertz CT molecular complexity index is 479. The van der Waals surface area contributed by atoms with Crippen molar-refractivity contribution in [1.29, 1.82) is 0 Å². The molecule has 2 heterocycles. The molecule has 1 aliphatic carbocycles. The fourth-order valence-electron chi connectivity index (χ4n) is 3.62. The first-order chi connectivity index (χ1) is 10.2. The van der Waals surface area contributed by atoms with E-state index in [1.807, 2.05) is 11.1 Å². The van der Waals surface area contributed by atoms with Crippen LogP contribution in [0.5, 0.6) is 0 Å². The van der Waals surface area contributed by atoms with Crippen LogP contribution in [-0.2, 0) is 4.79 Å². The number of aromatic nitrogens is 1. The quantitative estimate of drug-likeness (QED) is 0.925. The van der Waals surface area contributed by atoms with Crippen molar-refractivity contribution in [2.45, 2.75) is 64.0 Å². The Balaban J connectivity index is 1.68. The fourth-order valence-corrected chi connectivity index (χ4v) is 3.62. The van der Waals surface area contributed by atoms with E-state index in [1.165, 1.54) is 37.7 Å². The number of hydrogen-bond acceptors (Lipinski definition) is 3. The highest BCUT2D eigenvalue weighted by atomic mass is 16.2. The minimum Gasteiger partial charge on any atom is -0.367 e. The van der Waals surface area contributed by atoms with E-state index in [2.05, 4.69) is 22.4 Å². The van der Waals surface area contributed by atoms with Crippen LogP contribution in [0.15, 0.2) is 18.3 Å². The summed E-state index contributed by atoms with van der Waals surface area (Å²) < 4.78 is 0. The summed E-state index contributed by atoms with van der Waals surface area (Å²) in [6.07, 6.45) is 10.5. The molecule has 1 N–H and O–H groups in total. The van der Waals surface area contributed by atoms with E-state index in [1.54, 1.807) is 6.92 Å². The van der Waals surface area contributed by atoms with Gasteiger partial charge in [-0.25, -0.2) is 4.98 Å². The summed E-state index contributed by atoms with van der Waals surface area (Å²) in [6, 6.07) is 5.01. The number of piperidine rings is 1. The molecule has 21 heavy (non-hydrogen) atoms. The Morgan fingerprint density at radius 3 is 2.62 bits per heavy atom. The van der Waals surface area contributed by atoms with Gasteiger partial charge in [-0.3, -0.25) is 4.79 Å². The zero-order chi connectivity index (χ0) is 14.7. The second-order valence-electron chi connectivity index (χ2n) is 6.33. The third kappa shape index (κ3) is 3.36. The predicted octanol–water partition coefficient (Wildman–Crippen LogP) is 3.51. The number of likely N-dealkylation sites (tertiary alicyclic amines) is 1. The van der Waals surface area contributed by atoms with Gasteiger partial charge in [0.15, 0.2) is 0 Å². The molecular weight excluding hydrogens is 262 g/mol. The van der Waals surface area contributed by atoms with Gasteiger partial charge >= 0.3 is 0 Å². The molecule has 114 valence electrons. The number of carbonyl (C=O) groups excluding carboxylic acids is 1. The Hall–Kier alpha value is -1.58. The van der Waals surface area contributed by atoms with Gasteiger partial charge in [-0.1, -0.05) is 18.9 Å². The van der Waals surface area contributed by atoms with E-state index in [4.69, 9.17) is 0 Å². The number of rotatable bonds is 3. The number of hydrogen-bond donors (Lipinski definition) is 1. The average Bonchev–Trinajstić information content (AvgIpc) is 3.01. The summed E-state index contributed by atoms with van der Waals surface area (Å²) in [7, 11) is 0. The zero-order valence-electron chi connectivity index (χ0n) is 12.8. The lowest BCUT2D eigenvalue weighted by Gasteiger charge is -2.35. The Kier molecular flexibility index (Phi) is 4.42. The minimum absolute atomic E-state index is 0.174. The van der Waals surface area contributed by atoms with Gasteiger partial charge in [0.1, 0.15) is 5.82 Å². The zero-order valence-corrected chi connectivity index (χ0v) is 12.8. The van der Waals surface area contributed by atoms with Gasteiger partial charge in [0, 0.05) is 25.7 Å². The first kappa shape index (κ1) is 14.4. The van der Waals surface area contributed by atoms with Gasteiger partial charge in [0.05, 0.1) is 6.04 Å². The van der Waals surface area contributed by atoms with Crippen LogP contribution in [0.25, 0.3) is 0 Å². The van der Waals surface area contributed by atoms with Gasteiger partial charge in [0.25, 0.3) is 0 Å². The lowest BCUT2D eigenvalue weighted by molar-refractivity contribution is -0.132. The van der Waals surface area contributed by atoms with Crippen LogP contribution in [0.4, 0.5) is 5.82 Å². The van der Waals surface area contributed by atoms with Gasteiger partial charge in [-0.05, 0) is 43.7 Å². The fraction of sp³-hybridized carbons (Fsp3) is 0.647. The molecule has 4 heteroatoms. The van der Waals surface area contributed by atoms with Crippen molar-refractivity contribution < 1.29 is 4.79 Å². The standard InChI is InChI=1S/C17H25N3O/c1-13(21)20-11-5-4-8-16(20)14-9-10-17(18-12-14)19-15-6-2-3-7-15/h9-10,12,15-16H,2-8,11H2,1H3,(H,18,19)/t16-/m0/s1. The highest BCUT2D eigenvalue weighted by molar-refractivity contribution is 5.74. The van der Waals surface area contributed by atoms with Crippen molar-refractivity contribution >= 4 is 11.7 Å². The SMILES string of the molecule is CC(=O)N1CCCC[C@H]1c1ccc(NC2CCCC2)nc1. The topological polar surface area (TPSA) is 45.2 Å². The molecule has 4 nitrogen and oxygen atoms in total. The van der Waals surface area contributed by atoms with Gasteiger partial charge < -0.3 is 10.2 Å². The summed E-state index contributed by atoms with van der Waals surface area (Å²) in [4.78, 5) is 18.3. The van der Waals surface area contributed by atoms with E-state index in [0.717, 1.165) is 25.2 Å². The predicted molar refractivity (Wildman–Crippen MR) is 84.1 cm³/mol. The number of pyridine rings is 1. The van der Waals surface area contributed by atoms with Crippen LogP contribution < -0.4 is 5.32 Å². The van der Waals surface area contributed by atoms with E-state index in [9.17, 15) is 4.79 Å². The number of carbonyl (C=O) groups is 1.